The zero-order valence-electron chi connectivity index (χ0n) is 9.47. The van der Waals surface area contributed by atoms with Crippen LogP contribution < -0.4 is 5.73 Å². The lowest BCUT2D eigenvalue weighted by atomic mass is 9.70. The molecule has 1 saturated heterocycles. The molecule has 1 saturated carbocycles. The van der Waals surface area contributed by atoms with Crippen LogP contribution in [0.25, 0.3) is 0 Å². The van der Waals surface area contributed by atoms with Crippen molar-refractivity contribution < 1.29 is 0 Å². The molecule has 1 aliphatic heterocycles. The quantitative estimate of drug-likeness (QED) is 0.730. The second-order valence-electron chi connectivity index (χ2n) is 5.35. The molecule has 2 rings (SSSR count). The summed E-state index contributed by atoms with van der Waals surface area (Å²) in [4.78, 5) is 2.45. The van der Waals surface area contributed by atoms with Crippen LogP contribution in [0.15, 0.2) is 0 Å². The maximum Gasteiger partial charge on any atom is -0.00179 e. The van der Waals surface area contributed by atoms with Crippen LogP contribution in [0.3, 0.4) is 0 Å². The molecule has 82 valence electrons. The molecule has 1 heterocycles. The van der Waals surface area contributed by atoms with Crippen molar-refractivity contribution in [2.75, 3.05) is 26.7 Å². The highest BCUT2D eigenvalue weighted by Gasteiger charge is 2.40. The Labute approximate surface area is 87.8 Å². The maximum absolute atomic E-state index is 6.02. The largest absolute Gasteiger partial charge is 0.330 e. The van der Waals surface area contributed by atoms with Crippen molar-refractivity contribution in [3.8, 4) is 0 Å². The van der Waals surface area contributed by atoms with Crippen LogP contribution in [0, 0.1) is 11.3 Å². The zero-order valence-corrected chi connectivity index (χ0v) is 9.47. The van der Waals surface area contributed by atoms with Gasteiger partial charge in [-0.15, -0.1) is 0 Å². The molecule has 1 aliphatic carbocycles. The summed E-state index contributed by atoms with van der Waals surface area (Å²) in [7, 11) is 2.24. The van der Waals surface area contributed by atoms with Crippen molar-refractivity contribution in [1.82, 2.24) is 4.90 Å². The van der Waals surface area contributed by atoms with Gasteiger partial charge in [0.2, 0.25) is 0 Å². The number of hydrogen-bond acceptors (Lipinski definition) is 2. The van der Waals surface area contributed by atoms with E-state index in [1.54, 1.807) is 0 Å². The molecule has 0 aromatic carbocycles. The lowest BCUT2D eigenvalue weighted by molar-refractivity contribution is 0.0960. The van der Waals surface area contributed by atoms with E-state index >= 15 is 0 Å². The second-order valence-corrected chi connectivity index (χ2v) is 5.35. The Hall–Kier alpha value is -0.0800. The first-order chi connectivity index (χ1) is 6.77. The predicted molar refractivity (Wildman–Crippen MR) is 60.2 cm³/mol. The SMILES string of the molecule is CN1CCC(C2(CN)CCCC2)CC1. The molecule has 0 aromatic rings. The zero-order chi connectivity index (χ0) is 10.0. The molecule has 2 nitrogen and oxygen atoms in total. The average Bonchev–Trinajstić information content (AvgIpc) is 2.68. The lowest BCUT2D eigenvalue weighted by Gasteiger charge is -2.41. The number of likely N-dealkylation sites (tertiary alicyclic amines) is 1. The third kappa shape index (κ3) is 1.82. The fourth-order valence-corrected chi connectivity index (χ4v) is 3.48. The van der Waals surface area contributed by atoms with Gasteiger partial charge in [0.15, 0.2) is 0 Å². The third-order valence-electron chi connectivity index (χ3n) is 4.59. The Balaban J connectivity index is 1.98. The molecule has 0 aromatic heterocycles. The third-order valence-corrected chi connectivity index (χ3v) is 4.59. The van der Waals surface area contributed by atoms with E-state index in [1.165, 1.54) is 51.6 Å². The van der Waals surface area contributed by atoms with E-state index in [2.05, 4.69) is 11.9 Å². The Kier molecular flexibility index (Phi) is 3.13. The summed E-state index contributed by atoms with van der Waals surface area (Å²) in [5.41, 5.74) is 6.56. The maximum atomic E-state index is 6.02. The number of nitrogens with zero attached hydrogens (tertiary/aromatic N) is 1. The topological polar surface area (TPSA) is 29.3 Å². The summed E-state index contributed by atoms with van der Waals surface area (Å²) >= 11 is 0. The summed E-state index contributed by atoms with van der Waals surface area (Å²) in [6.07, 6.45) is 8.41. The minimum Gasteiger partial charge on any atom is -0.330 e. The highest BCUT2D eigenvalue weighted by atomic mass is 15.1. The molecule has 2 N–H and O–H groups in total. The molecular formula is C12H24N2. The van der Waals surface area contributed by atoms with Gasteiger partial charge in [0.1, 0.15) is 0 Å². The second kappa shape index (κ2) is 4.19. The van der Waals surface area contributed by atoms with Crippen LogP contribution in [-0.2, 0) is 0 Å². The van der Waals surface area contributed by atoms with Gasteiger partial charge in [0, 0.05) is 0 Å². The van der Waals surface area contributed by atoms with Gasteiger partial charge in [-0.3, -0.25) is 0 Å². The van der Waals surface area contributed by atoms with Crippen molar-refractivity contribution in [2.24, 2.45) is 17.1 Å². The van der Waals surface area contributed by atoms with Crippen molar-refractivity contribution in [2.45, 2.75) is 38.5 Å². The van der Waals surface area contributed by atoms with E-state index in [0.717, 1.165) is 12.5 Å². The fraction of sp³-hybridized carbons (Fsp3) is 1.00. The highest BCUT2D eigenvalue weighted by molar-refractivity contribution is 4.93. The van der Waals surface area contributed by atoms with E-state index < -0.39 is 0 Å². The van der Waals surface area contributed by atoms with E-state index in [-0.39, 0.29) is 0 Å². The first-order valence-electron chi connectivity index (χ1n) is 6.15. The van der Waals surface area contributed by atoms with Crippen LogP contribution in [0.5, 0.6) is 0 Å². The number of piperidine rings is 1. The normalized spacial score (nSPS) is 29.6. The summed E-state index contributed by atoms with van der Waals surface area (Å²) < 4.78 is 0. The van der Waals surface area contributed by atoms with Crippen molar-refractivity contribution in [3.63, 3.8) is 0 Å². The summed E-state index contributed by atoms with van der Waals surface area (Å²) in [5, 5.41) is 0. The minimum atomic E-state index is 0.543. The summed E-state index contributed by atoms with van der Waals surface area (Å²) in [6.45, 7) is 3.50. The molecule has 2 fully saturated rings. The molecule has 0 unspecified atom stereocenters. The Morgan fingerprint density at radius 2 is 1.79 bits per heavy atom. The average molecular weight is 196 g/mol. The molecular weight excluding hydrogens is 172 g/mol. The van der Waals surface area contributed by atoms with Gasteiger partial charge in [0.25, 0.3) is 0 Å². The Morgan fingerprint density at radius 1 is 1.21 bits per heavy atom. The number of rotatable bonds is 2. The first kappa shape index (κ1) is 10.4. The van der Waals surface area contributed by atoms with Crippen LogP contribution in [0.4, 0.5) is 0 Å². The highest BCUT2D eigenvalue weighted by Crippen LogP contribution is 2.47. The van der Waals surface area contributed by atoms with E-state index in [1.807, 2.05) is 0 Å². The van der Waals surface area contributed by atoms with Crippen LogP contribution in [0.1, 0.15) is 38.5 Å². The van der Waals surface area contributed by atoms with E-state index in [9.17, 15) is 0 Å². The molecule has 0 bridgehead atoms. The van der Waals surface area contributed by atoms with Crippen LogP contribution in [-0.4, -0.2) is 31.6 Å². The smallest absolute Gasteiger partial charge is 0.00179 e. The van der Waals surface area contributed by atoms with Crippen LogP contribution >= 0.6 is 0 Å². The first-order valence-corrected chi connectivity index (χ1v) is 6.15. The van der Waals surface area contributed by atoms with Gasteiger partial charge < -0.3 is 10.6 Å². The standard InChI is InChI=1S/C12H24N2/c1-14-8-4-11(5-9-14)12(10-13)6-2-3-7-12/h11H,2-10,13H2,1H3. The van der Waals surface area contributed by atoms with Gasteiger partial charge >= 0.3 is 0 Å². The van der Waals surface area contributed by atoms with Crippen molar-refractivity contribution in [3.05, 3.63) is 0 Å². The number of hydrogen-bond donors (Lipinski definition) is 1. The van der Waals surface area contributed by atoms with Gasteiger partial charge in [-0.1, -0.05) is 12.8 Å². The summed E-state index contributed by atoms with van der Waals surface area (Å²) in [5.74, 6) is 0.922. The lowest BCUT2D eigenvalue weighted by Crippen LogP contribution is -2.42. The molecule has 2 aliphatic rings. The number of nitrogens with two attached hydrogens (primary N) is 1. The van der Waals surface area contributed by atoms with Crippen molar-refractivity contribution in [1.29, 1.82) is 0 Å². The molecule has 0 spiro atoms. The monoisotopic (exact) mass is 196 g/mol. The molecule has 0 radical (unpaired) electrons. The van der Waals surface area contributed by atoms with Gasteiger partial charge in [-0.25, -0.2) is 0 Å². The van der Waals surface area contributed by atoms with Crippen LogP contribution in [0.2, 0.25) is 0 Å². The fourth-order valence-electron chi connectivity index (χ4n) is 3.48. The van der Waals surface area contributed by atoms with Crippen molar-refractivity contribution >= 4 is 0 Å². The van der Waals surface area contributed by atoms with E-state index in [0.29, 0.717) is 5.41 Å². The summed E-state index contributed by atoms with van der Waals surface area (Å²) in [6, 6.07) is 0. The minimum absolute atomic E-state index is 0.543. The molecule has 0 amide bonds. The molecule has 2 heteroatoms. The predicted octanol–water partition coefficient (Wildman–Crippen LogP) is 1.85. The Bertz CT molecular complexity index is 177. The molecule has 0 atom stereocenters. The van der Waals surface area contributed by atoms with Gasteiger partial charge in [-0.05, 0) is 63.7 Å². The molecule has 14 heavy (non-hydrogen) atoms. The Morgan fingerprint density at radius 3 is 2.29 bits per heavy atom. The van der Waals surface area contributed by atoms with E-state index in [4.69, 9.17) is 5.73 Å². The van der Waals surface area contributed by atoms with Gasteiger partial charge in [-0.2, -0.15) is 0 Å². The van der Waals surface area contributed by atoms with Gasteiger partial charge in [0.05, 0.1) is 0 Å².